The molecule has 34 valence electrons. The minimum Gasteiger partial charge on any atom is -1.00 e. The Kier molecular flexibility index (Phi) is 508. The molecule has 0 aromatic heterocycles. The van der Waals surface area contributed by atoms with Gasteiger partial charge in [0.25, 0.3) is 0 Å². The average molecular weight is 373 g/mol. The molecule has 0 spiro atoms. The maximum Gasteiger partial charge on any atom is 2.00 e. The van der Waals surface area contributed by atoms with Crippen LogP contribution < -0.4 is 49.6 Å². The molecule has 0 unspecified atom stereocenters. The van der Waals surface area contributed by atoms with Crippen molar-refractivity contribution in [3.05, 3.63) is 0 Å². The monoisotopic (exact) mass is 372 g/mol. The van der Waals surface area contributed by atoms with Gasteiger partial charge in [0.1, 0.15) is 0 Å². The largest absolute Gasteiger partial charge is 2.00 e. The molecule has 0 saturated carbocycles. The molecule has 2 radical (unpaired) electrons. The molecule has 0 aromatic rings. The molecule has 0 N–H and O–H groups in total. The van der Waals surface area contributed by atoms with Gasteiger partial charge in [0.15, 0.2) is 0 Å². The molecule has 0 aliphatic rings. The van der Waals surface area contributed by atoms with E-state index in [2.05, 4.69) is 0 Å². The summed E-state index contributed by atoms with van der Waals surface area (Å²) in [5.74, 6) is 0. The van der Waals surface area contributed by atoms with E-state index >= 15 is 0 Å². The van der Waals surface area contributed by atoms with Gasteiger partial charge >= 0.3 is 50.4 Å². The maximum absolute atomic E-state index is 0. The first-order chi connectivity index (χ1) is 0. The summed E-state index contributed by atoms with van der Waals surface area (Å²) < 4.78 is 0. The van der Waals surface area contributed by atoms with Gasteiger partial charge < -0.3 is 49.6 Å². The first-order valence-corrected chi connectivity index (χ1v) is 0. The topological polar surface area (TPSA) is 0 Å². The van der Waals surface area contributed by atoms with Crippen molar-refractivity contribution in [2.45, 2.75) is 0 Å². The van der Waals surface area contributed by atoms with Crippen molar-refractivity contribution in [3.63, 3.8) is 0 Å². The molecule has 0 heterocycles. The van der Waals surface area contributed by atoms with Gasteiger partial charge in [0.2, 0.25) is 0 Å². The van der Waals surface area contributed by atoms with Crippen LogP contribution in [0.25, 0.3) is 0 Å². The number of hydrogen-bond donors (Lipinski definition) is 0. The van der Waals surface area contributed by atoms with E-state index in [0.29, 0.717) is 0 Å². The van der Waals surface area contributed by atoms with Crippen molar-refractivity contribution in [1.82, 2.24) is 0 Å². The Morgan fingerprint density at radius 3 is 0.500 bits per heavy atom. The van der Waals surface area contributed by atoms with Gasteiger partial charge in [-0.1, -0.05) is 0 Å². The van der Waals surface area contributed by atoms with Crippen LogP contribution in [0.15, 0.2) is 0 Å². The van der Waals surface area contributed by atoms with Crippen LogP contribution in [-0.4, -0.2) is 50.4 Å². The van der Waals surface area contributed by atoms with Crippen molar-refractivity contribution < 1.29 is 49.6 Å². The van der Waals surface area contributed by atoms with Crippen molar-refractivity contribution in [1.29, 1.82) is 0 Å². The maximum atomic E-state index is 0. The molecule has 0 bridgehead atoms. The van der Waals surface area contributed by atoms with Gasteiger partial charge in [0, 0.05) is 0 Å². The number of rotatable bonds is 0. The molecular formula is Cl4MgPb. The van der Waals surface area contributed by atoms with E-state index in [1.54, 1.807) is 0 Å². The van der Waals surface area contributed by atoms with Crippen LogP contribution in [0, 0.1) is 0 Å². The third kappa shape index (κ3) is 28.9. The molecular weight excluding hydrogens is 373 g/mol. The average Bonchev–Trinajstić information content (AvgIpc) is 0. The smallest absolute Gasteiger partial charge is 1.00 e. The Balaban J connectivity index is 0. The van der Waals surface area contributed by atoms with E-state index in [0.717, 1.165) is 0 Å². The van der Waals surface area contributed by atoms with Crippen LogP contribution in [0.5, 0.6) is 0 Å². The molecule has 0 aromatic carbocycles. The normalized spacial score (nSPS) is 0. The standard InChI is InChI=1S/4ClH.Mg.Pb/h4*1H;;/q;;;;2*+2/p-4. The second-order valence-electron chi connectivity index (χ2n) is 0. The molecule has 0 atom stereocenters. The molecule has 0 aliphatic carbocycles. The second-order valence-corrected chi connectivity index (χ2v) is 0. The molecule has 0 aliphatic heterocycles. The summed E-state index contributed by atoms with van der Waals surface area (Å²) >= 11 is 0. The zero-order valence-electron chi connectivity index (χ0n) is 2.72. The van der Waals surface area contributed by atoms with Gasteiger partial charge in [-0.05, 0) is 0 Å². The van der Waals surface area contributed by atoms with Crippen LogP contribution in [0.3, 0.4) is 0 Å². The Hall–Kier alpha value is 2.85. The van der Waals surface area contributed by atoms with Gasteiger partial charge in [0.05, 0.1) is 0 Å². The summed E-state index contributed by atoms with van der Waals surface area (Å²) in [5, 5.41) is 0. The summed E-state index contributed by atoms with van der Waals surface area (Å²) in [6.45, 7) is 0. The summed E-state index contributed by atoms with van der Waals surface area (Å²) in [4.78, 5) is 0. The van der Waals surface area contributed by atoms with E-state index in [9.17, 15) is 0 Å². The fourth-order valence-corrected chi connectivity index (χ4v) is 0. The Morgan fingerprint density at radius 2 is 0.500 bits per heavy atom. The fraction of sp³-hybridized carbons (Fsp3) is 0. The Labute approximate surface area is 98.5 Å². The SMILES string of the molecule is [Cl-].[Cl-].[Cl-].[Cl-].[Mg+2].[Pb+2]. The van der Waals surface area contributed by atoms with Crippen LogP contribution in [0.4, 0.5) is 0 Å². The van der Waals surface area contributed by atoms with Crippen molar-refractivity contribution in [3.8, 4) is 0 Å². The minimum atomic E-state index is 0. The van der Waals surface area contributed by atoms with Crippen molar-refractivity contribution in [2.75, 3.05) is 0 Å². The summed E-state index contributed by atoms with van der Waals surface area (Å²) in [7, 11) is 0. The molecule has 0 amide bonds. The predicted octanol–water partition coefficient (Wildman–Crippen LogP) is -12.7. The Bertz CT molecular complexity index is 7.51. The second kappa shape index (κ2) is 45.4. The number of halogens is 4. The van der Waals surface area contributed by atoms with Gasteiger partial charge in [-0.3, -0.25) is 0 Å². The van der Waals surface area contributed by atoms with E-state index in [1.165, 1.54) is 0 Å². The molecule has 6 heteroatoms. The van der Waals surface area contributed by atoms with Crippen LogP contribution in [0.1, 0.15) is 0 Å². The van der Waals surface area contributed by atoms with Gasteiger partial charge in [-0.25, -0.2) is 0 Å². The van der Waals surface area contributed by atoms with Crippen LogP contribution in [-0.2, 0) is 0 Å². The van der Waals surface area contributed by atoms with Gasteiger partial charge in [-0.2, -0.15) is 0 Å². The zero-order chi connectivity index (χ0) is 0. The molecule has 0 saturated heterocycles. The molecule has 6 heavy (non-hydrogen) atoms. The third-order valence-electron chi connectivity index (χ3n) is 0. The predicted molar refractivity (Wildman–Crippen MR) is 11.5 cm³/mol. The van der Waals surface area contributed by atoms with E-state index < -0.39 is 0 Å². The summed E-state index contributed by atoms with van der Waals surface area (Å²) in [6, 6.07) is 0. The fourth-order valence-electron chi connectivity index (χ4n) is 0. The summed E-state index contributed by atoms with van der Waals surface area (Å²) in [6.07, 6.45) is 0. The molecule has 0 nitrogen and oxygen atoms in total. The van der Waals surface area contributed by atoms with Gasteiger partial charge in [-0.15, -0.1) is 0 Å². The quantitative estimate of drug-likeness (QED) is 0.370. The third-order valence-corrected chi connectivity index (χ3v) is 0. The first-order valence-electron chi connectivity index (χ1n) is 0. The summed E-state index contributed by atoms with van der Waals surface area (Å²) in [5.41, 5.74) is 0. The molecule has 0 fully saturated rings. The minimum absolute atomic E-state index is 0. The zero-order valence-corrected chi connectivity index (χ0v) is 11.0. The van der Waals surface area contributed by atoms with E-state index in [4.69, 9.17) is 0 Å². The van der Waals surface area contributed by atoms with E-state index in [1.807, 2.05) is 0 Å². The molecule has 0 rings (SSSR count). The Morgan fingerprint density at radius 1 is 0.500 bits per heavy atom. The van der Waals surface area contributed by atoms with Crippen LogP contribution >= 0.6 is 0 Å². The first kappa shape index (κ1) is 67.2. The number of hydrogen-bond acceptors (Lipinski definition) is 0. The van der Waals surface area contributed by atoms with Crippen LogP contribution in [0.2, 0.25) is 0 Å². The van der Waals surface area contributed by atoms with Crippen molar-refractivity contribution >= 4 is 50.4 Å². The van der Waals surface area contributed by atoms with Crippen molar-refractivity contribution in [2.24, 2.45) is 0 Å². The van der Waals surface area contributed by atoms with E-state index in [-0.39, 0.29) is 100.0 Å².